The van der Waals surface area contributed by atoms with Crippen LogP contribution in [0.1, 0.15) is 16.8 Å². The van der Waals surface area contributed by atoms with Crippen LogP contribution in [0.4, 0.5) is 0 Å². The lowest BCUT2D eigenvalue weighted by Gasteiger charge is -2.11. The van der Waals surface area contributed by atoms with E-state index in [4.69, 9.17) is 15.7 Å². The average Bonchev–Trinajstić information content (AvgIpc) is 2.93. The van der Waals surface area contributed by atoms with Crippen molar-refractivity contribution in [1.29, 1.82) is 0 Å². The van der Waals surface area contributed by atoms with Gasteiger partial charge in [0, 0.05) is 11.1 Å². The van der Waals surface area contributed by atoms with E-state index in [0.717, 1.165) is 22.2 Å². The Morgan fingerprint density at radius 1 is 1.15 bits per heavy atom. The first-order chi connectivity index (χ1) is 13.0. The van der Waals surface area contributed by atoms with E-state index in [9.17, 15) is 9.59 Å². The predicted octanol–water partition coefficient (Wildman–Crippen LogP) is 1.99. The van der Waals surface area contributed by atoms with Crippen molar-refractivity contribution < 1.29 is 19.4 Å². The molecule has 27 heavy (non-hydrogen) atoms. The van der Waals surface area contributed by atoms with Gasteiger partial charge in [0.25, 0.3) is 5.91 Å². The first-order valence-electron chi connectivity index (χ1n) is 8.50. The highest BCUT2D eigenvalue weighted by Gasteiger charge is 2.19. The third-order valence-electron chi connectivity index (χ3n) is 4.47. The lowest BCUT2D eigenvalue weighted by atomic mass is 10.0. The van der Waals surface area contributed by atoms with Crippen molar-refractivity contribution >= 4 is 22.8 Å². The maximum absolute atomic E-state index is 11.9. The van der Waals surface area contributed by atoms with Crippen molar-refractivity contribution in [2.45, 2.75) is 19.9 Å². The van der Waals surface area contributed by atoms with E-state index in [1.165, 1.54) is 0 Å². The highest BCUT2D eigenvalue weighted by Crippen LogP contribution is 2.34. The van der Waals surface area contributed by atoms with Crippen LogP contribution in [0.3, 0.4) is 0 Å². The first-order valence-corrected chi connectivity index (χ1v) is 8.50. The molecular weight excluding hydrogens is 346 g/mol. The molecule has 4 N–H and O–H groups in total. The first kappa shape index (κ1) is 18.5. The Kier molecular flexibility index (Phi) is 5.42. The van der Waals surface area contributed by atoms with Crippen molar-refractivity contribution in [2.24, 2.45) is 5.84 Å². The van der Waals surface area contributed by atoms with Crippen LogP contribution in [0.15, 0.2) is 48.5 Å². The fourth-order valence-electron chi connectivity index (χ4n) is 3.24. The molecule has 140 valence electrons. The van der Waals surface area contributed by atoms with Gasteiger partial charge in [-0.1, -0.05) is 42.5 Å². The van der Waals surface area contributed by atoms with Crippen LogP contribution in [0, 0.1) is 6.92 Å². The third kappa shape index (κ3) is 3.93. The van der Waals surface area contributed by atoms with Crippen molar-refractivity contribution in [3.8, 4) is 5.75 Å². The number of nitrogens with two attached hydrogens (primary N) is 1. The summed E-state index contributed by atoms with van der Waals surface area (Å²) < 4.78 is 7.28. The van der Waals surface area contributed by atoms with Crippen LogP contribution in [-0.2, 0) is 22.6 Å². The fourth-order valence-corrected chi connectivity index (χ4v) is 3.24. The predicted molar refractivity (Wildman–Crippen MR) is 101 cm³/mol. The molecule has 0 aliphatic rings. The summed E-state index contributed by atoms with van der Waals surface area (Å²) in [5, 5.41) is 9.86. The molecular formula is C20H21N3O4. The van der Waals surface area contributed by atoms with E-state index in [0.29, 0.717) is 17.7 Å². The monoisotopic (exact) mass is 367 g/mol. The second-order valence-electron chi connectivity index (χ2n) is 6.21. The molecule has 0 aliphatic carbocycles. The highest BCUT2D eigenvalue weighted by atomic mass is 16.5. The number of nitrogens with one attached hydrogen (secondary N) is 1. The molecule has 0 bridgehead atoms. The summed E-state index contributed by atoms with van der Waals surface area (Å²) in [4.78, 5) is 22.8. The lowest BCUT2D eigenvalue weighted by molar-refractivity contribution is -0.139. The maximum Gasteiger partial charge on any atom is 0.341 e. The molecule has 0 radical (unpaired) electrons. The SMILES string of the molecule is Cc1c(Cc2ccccc2)c2cccc(OCC(=O)O)c2n1CC(=O)NN. The summed E-state index contributed by atoms with van der Waals surface area (Å²) in [6.07, 6.45) is 0.683. The number of aliphatic carboxylic acids is 1. The molecule has 3 aromatic rings. The van der Waals surface area contributed by atoms with E-state index in [1.807, 2.05) is 54.0 Å². The molecule has 1 amide bonds. The molecule has 0 spiro atoms. The number of nitrogens with zero attached hydrogens (tertiary/aromatic N) is 1. The molecule has 7 heteroatoms. The van der Waals surface area contributed by atoms with E-state index < -0.39 is 12.6 Å². The molecule has 0 saturated carbocycles. The minimum Gasteiger partial charge on any atom is -0.480 e. The molecule has 0 atom stereocenters. The van der Waals surface area contributed by atoms with Crippen LogP contribution in [0.2, 0.25) is 0 Å². The minimum absolute atomic E-state index is 0.0149. The van der Waals surface area contributed by atoms with Crippen LogP contribution in [0.25, 0.3) is 10.9 Å². The Labute approximate surface area is 156 Å². The molecule has 1 aromatic heterocycles. The normalized spacial score (nSPS) is 10.7. The van der Waals surface area contributed by atoms with Crippen molar-refractivity contribution in [3.05, 3.63) is 65.4 Å². The molecule has 0 aliphatic heterocycles. The standard InChI is InChI=1S/C20H21N3O4/c1-13-16(10-14-6-3-2-4-7-14)15-8-5-9-17(27-12-19(25)26)20(15)23(13)11-18(24)22-21/h2-9H,10-12,21H2,1H3,(H,22,24)(H,25,26). The van der Waals surface area contributed by atoms with Gasteiger partial charge in [-0.05, 0) is 30.5 Å². The van der Waals surface area contributed by atoms with E-state index >= 15 is 0 Å². The zero-order valence-electron chi connectivity index (χ0n) is 14.9. The number of carboxylic acids is 1. The molecule has 1 heterocycles. The number of hydrazine groups is 1. The fraction of sp³-hybridized carbons (Fsp3) is 0.200. The van der Waals surface area contributed by atoms with Gasteiger partial charge in [-0.25, -0.2) is 10.6 Å². The van der Waals surface area contributed by atoms with Gasteiger partial charge in [0.2, 0.25) is 0 Å². The Hall–Kier alpha value is -3.32. The zero-order valence-corrected chi connectivity index (χ0v) is 14.9. The number of hydrogen-bond acceptors (Lipinski definition) is 4. The molecule has 0 saturated heterocycles. The van der Waals surface area contributed by atoms with Gasteiger partial charge >= 0.3 is 5.97 Å². The number of rotatable bonds is 7. The Bertz CT molecular complexity index is 980. The average molecular weight is 367 g/mol. The maximum atomic E-state index is 11.9. The van der Waals surface area contributed by atoms with Gasteiger partial charge in [0.15, 0.2) is 6.61 Å². The van der Waals surface area contributed by atoms with Gasteiger partial charge in [-0.2, -0.15) is 0 Å². The minimum atomic E-state index is -1.06. The topological polar surface area (TPSA) is 107 Å². The van der Waals surface area contributed by atoms with Crippen LogP contribution in [0.5, 0.6) is 5.75 Å². The van der Waals surface area contributed by atoms with Crippen LogP contribution < -0.4 is 16.0 Å². The third-order valence-corrected chi connectivity index (χ3v) is 4.47. The number of carbonyl (C=O) groups is 2. The quantitative estimate of drug-likeness (QED) is 0.336. The summed E-state index contributed by atoms with van der Waals surface area (Å²) in [5.74, 6) is 4.26. The van der Waals surface area contributed by atoms with Gasteiger partial charge in [0.05, 0.1) is 5.52 Å². The summed E-state index contributed by atoms with van der Waals surface area (Å²) in [7, 11) is 0. The van der Waals surface area contributed by atoms with Crippen molar-refractivity contribution in [2.75, 3.05) is 6.61 Å². The van der Waals surface area contributed by atoms with Gasteiger partial charge in [-0.3, -0.25) is 10.2 Å². The summed E-state index contributed by atoms with van der Waals surface area (Å²) in [6.45, 7) is 1.49. The zero-order chi connectivity index (χ0) is 19.4. The van der Waals surface area contributed by atoms with Gasteiger partial charge < -0.3 is 14.4 Å². The molecule has 3 rings (SSSR count). The number of para-hydroxylation sites is 1. The second-order valence-corrected chi connectivity index (χ2v) is 6.21. The molecule has 0 fully saturated rings. The molecule has 7 nitrogen and oxygen atoms in total. The number of aromatic nitrogens is 1. The molecule has 2 aromatic carbocycles. The number of ether oxygens (including phenoxy) is 1. The number of benzene rings is 2. The Balaban J connectivity index is 2.14. The van der Waals surface area contributed by atoms with Crippen molar-refractivity contribution in [3.63, 3.8) is 0 Å². The van der Waals surface area contributed by atoms with Gasteiger partial charge in [0.1, 0.15) is 12.3 Å². The largest absolute Gasteiger partial charge is 0.480 e. The number of amides is 1. The van der Waals surface area contributed by atoms with E-state index in [2.05, 4.69) is 5.43 Å². The lowest BCUT2D eigenvalue weighted by Crippen LogP contribution is -2.33. The highest BCUT2D eigenvalue weighted by molar-refractivity contribution is 5.92. The smallest absolute Gasteiger partial charge is 0.341 e. The second kappa shape index (κ2) is 7.92. The van der Waals surface area contributed by atoms with Crippen LogP contribution in [-0.4, -0.2) is 28.2 Å². The number of carboxylic acid groups (broad SMARTS) is 1. The van der Waals surface area contributed by atoms with Gasteiger partial charge in [-0.15, -0.1) is 0 Å². The Morgan fingerprint density at radius 2 is 1.89 bits per heavy atom. The number of carbonyl (C=O) groups excluding carboxylic acids is 1. The summed E-state index contributed by atoms with van der Waals surface area (Å²) >= 11 is 0. The van der Waals surface area contributed by atoms with Crippen molar-refractivity contribution in [1.82, 2.24) is 9.99 Å². The summed E-state index contributed by atoms with van der Waals surface area (Å²) in [6, 6.07) is 15.5. The van der Waals surface area contributed by atoms with Crippen LogP contribution >= 0.6 is 0 Å². The Morgan fingerprint density at radius 3 is 2.56 bits per heavy atom. The van der Waals surface area contributed by atoms with E-state index in [-0.39, 0.29) is 12.5 Å². The number of hydrogen-bond donors (Lipinski definition) is 3. The summed E-state index contributed by atoms with van der Waals surface area (Å²) in [5.41, 5.74) is 5.93. The number of fused-ring (bicyclic) bond motifs is 1. The van der Waals surface area contributed by atoms with E-state index in [1.54, 1.807) is 6.07 Å². The molecule has 0 unspecified atom stereocenters.